The minimum atomic E-state index is -3.38. The Balaban J connectivity index is 1.98. The van der Waals surface area contributed by atoms with Crippen LogP contribution in [-0.4, -0.2) is 14.5 Å². The van der Waals surface area contributed by atoms with E-state index in [0.29, 0.717) is 10.8 Å². The largest absolute Gasteiger partial charge is 0.240 e. The van der Waals surface area contributed by atoms with Crippen LogP contribution >= 0.6 is 0 Å². The van der Waals surface area contributed by atoms with Crippen molar-refractivity contribution in [1.82, 2.24) is 4.72 Å². The van der Waals surface area contributed by atoms with Gasteiger partial charge < -0.3 is 0 Å². The van der Waals surface area contributed by atoms with E-state index in [1.54, 1.807) is 12.1 Å². The number of hydrogen-bond acceptors (Lipinski definition) is 2. The minimum Gasteiger partial charge on any atom is -0.208 e. The van der Waals surface area contributed by atoms with Gasteiger partial charge in [0.25, 0.3) is 0 Å². The maximum Gasteiger partial charge on any atom is 0.240 e. The number of nitrogens with one attached hydrogen (secondary N) is 1. The smallest absolute Gasteiger partial charge is 0.208 e. The SMILES string of the molecule is CCC1CCC(NS(=O)(=O)c2ccc(CC(C)C)cc2)CC1. The zero-order chi connectivity index (χ0) is 16.2. The molecule has 1 fully saturated rings. The van der Waals surface area contributed by atoms with Crippen molar-refractivity contribution >= 4 is 10.0 Å². The Morgan fingerprint density at radius 3 is 2.18 bits per heavy atom. The molecule has 0 radical (unpaired) electrons. The molecule has 4 heteroatoms. The van der Waals surface area contributed by atoms with Crippen molar-refractivity contribution in [3.05, 3.63) is 29.8 Å². The van der Waals surface area contributed by atoms with Gasteiger partial charge in [-0.3, -0.25) is 0 Å². The van der Waals surface area contributed by atoms with Crippen LogP contribution in [0.2, 0.25) is 0 Å². The summed E-state index contributed by atoms with van der Waals surface area (Å²) < 4.78 is 27.8. The fourth-order valence-electron chi connectivity index (χ4n) is 3.25. The van der Waals surface area contributed by atoms with Crippen molar-refractivity contribution in [3.63, 3.8) is 0 Å². The van der Waals surface area contributed by atoms with Crippen LogP contribution in [0.25, 0.3) is 0 Å². The first kappa shape index (κ1) is 17.5. The molecule has 0 aromatic heterocycles. The van der Waals surface area contributed by atoms with Crippen LogP contribution in [0, 0.1) is 11.8 Å². The standard InChI is InChI=1S/C18H29NO2S/c1-4-15-5-9-17(10-6-15)19-22(20,21)18-11-7-16(8-12-18)13-14(2)3/h7-8,11-12,14-15,17,19H,4-6,9-10,13H2,1-3H3. The van der Waals surface area contributed by atoms with E-state index >= 15 is 0 Å². The number of hydrogen-bond donors (Lipinski definition) is 1. The van der Waals surface area contributed by atoms with Crippen molar-refractivity contribution in [3.8, 4) is 0 Å². The highest BCUT2D eigenvalue weighted by Gasteiger charge is 2.24. The molecule has 1 aliphatic carbocycles. The van der Waals surface area contributed by atoms with Gasteiger partial charge in [0.05, 0.1) is 4.90 Å². The van der Waals surface area contributed by atoms with Crippen LogP contribution in [0.3, 0.4) is 0 Å². The predicted octanol–water partition coefficient (Wildman–Crippen LogP) is 4.13. The molecule has 0 spiro atoms. The Labute approximate surface area is 135 Å². The third kappa shape index (κ3) is 4.82. The Morgan fingerprint density at radius 1 is 1.09 bits per heavy atom. The average molecular weight is 324 g/mol. The third-order valence-electron chi connectivity index (χ3n) is 4.62. The molecule has 1 aromatic carbocycles. The Hall–Kier alpha value is -0.870. The third-order valence-corrected chi connectivity index (χ3v) is 6.16. The van der Waals surface area contributed by atoms with Crippen molar-refractivity contribution in [2.45, 2.75) is 70.2 Å². The summed E-state index contributed by atoms with van der Waals surface area (Å²) in [5.74, 6) is 1.35. The highest BCUT2D eigenvalue weighted by Crippen LogP contribution is 2.27. The van der Waals surface area contributed by atoms with E-state index in [0.717, 1.165) is 38.0 Å². The average Bonchev–Trinajstić information content (AvgIpc) is 2.47. The summed E-state index contributed by atoms with van der Waals surface area (Å²) in [6, 6.07) is 7.43. The van der Waals surface area contributed by atoms with E-state index in [2.05, 4.69) is 25.5 Å². The molecule has 0 atom stereocenters. The van der Waals surface area contributed by atoms with Crippen molar-refractivity contribution in [2.75, 3.05) is 0 Å². The summed E-state index contributed by atoms with van der Waals surface area (Å²) in [7, 11) is -3.38. The molecule has 0 amide bonds. The first-order chi connectivity index (χ1) is 10.4. The van der Waals surface area contributed by atoms with Crippen LogP contribution in [0.5, 0.6) is 0 Å². The van der Waals surface area contributed by atoms with Gasteiger partial charge in [0, 0.05) is 6.04 Å². The van der Waals surface area contributed by atoms with Gasteiger partial charge in [0.1, 0.15) is 0 Å². The second-order valence-corrected chi connectivity index (χ2v) is 8.70. The number of benzene rings is 1. The first-order valence-corrected chi connectivity index (χ1v) is 10.00. The fourth-order valence-corrected chi connectivity index (χ4v) is 4.56. The van der Waals surface area contributed by atoms with Gasteiger partial charge in [-0.2, -0.15) is 0 Å². The van der Waals surface area contributed by atoms with Gasteiger partial charge in [-0.15, -0.1) is 0 Å². The molecular formula is C18H29NO2S. The van der Waals surface area contributed by atoms with Crippen LogP contribution in [0.1, 0.15) is 58.4 Å². The molecule has 2 rings (SSSR count). The van der Waals surface area contributed by atoms with Gasteiger partial charge in [0.15, 0.2) is 0 Å². The molecule has 0 saturated heterocycles. The summed E-state index contributed by atoms with van der Waals surface area (Å²) in [5, 5.41) is 0. The highest BCUT2D eigenvalue weighted by molar-refractivity contribution is 7.89. The van der Waals surface area contributed by atoms with Crippen molar-refractivity contribution < 1.29 is 8.42 Å². The van der Waals surface area contributed by atoms with Crippen molar-refractivity contribution in [1.29, 1.82) is 0 Å². The van der Waals surface area contributed by atoms with Gasteiger partial charge in [-0.1, -0.05) is 39.3 Å². The summed E-state index contributed by atoms with van der Waals surface area (Å²) in [6.45, 7) is 6.55. The number of rotatable bonds is 6. The molecular weight excluding hydrogens is 294 g/mol. The van der Waals surface area contributed by atoms with Crippen molar-refractivity contribution in [2.24, 2.45) is 11.8 Å². The molecule has 0 bridgehead atoms. The van der Waals surface area contributed by atoms with E-state index in [1.807, 2.05) is 12.1 Å². The van der Waals surface area contributed by atoms with Gasteiger partial charge in [0.2, 0.25) is 10.0 Å². The molecule has 0 heterocycles. The summed E-state index contributed by atoms with van der Waals surface area (Å²) in [5.41, 5.74) is 1.19. The number of sulfonamides is 1. The van der Waals surface area contributed by atoms with Gasteiger partial charge in [-0.25, -0.2) is 13.1 Å². The summed E-state index contributed by atoms with van der Waals surface area (Å²) in [6.07, 6.45) is 6.38. The van der Waals surface area contributed by atoms with Crippen LogP contribution in [0.4, 0.5) is 0 Å². The second-order valence-electron chi connectivity index (χ2n) is 6.99. The van der Waals surface area contributed by atoms with E-state index < -0.39 is 10.0 Å². The molecule has 22 heavy (non-hydrogen) atoms. The van der Waals surface area contributed by atoms with Gasteiger partial charge in [-0.05, 0) is 61.6 Å². The lowest BCUT2D eigenvalue weighted by Crippen LogP contribution is -2.37. The highest BCUT2D eigenvalue weighted by atomic mass is 32.2. The summed E-state index contributed by atoms with van der Waals surface area (Å²) in [4.78, 5) is 0.387. The zero-order valence-corrected chi connectivity index (χ0v) is 14.8. The molecule has 1 aromatic rings. The van der Waals surface area contributed by atoms with Crippen LogP contribution in [0.15, 0.2) is 29.2 Å². The first-order valence-electron chi connectivity index (χ1n) is 8.52. The van der Waals surface area contributed by atoms with Crippen LogP contribution in [-0.2, 0) is 16.4 Å². The van der Waals surface area contributed by atoms with Crippen LogP contribution < -0.4 is 4.72 Å². The minimum absolute atomic E-state index is 0.100. The lowest BCUT2D eigenvalue weighted by Gasteiger charge is -2.28. The molecule has 3 nitrogen and oxygen atoms in total. The Bertz CT molecular complexity index is 555. The maximum absolute atomic E-state index is 12.5. The topological polar surface area (TPSA) is 46.2 Å². The quantitative estimate of drug-likeness (QED) is 0.855. The second kappa shape index (κ2) is 7.60. The van der Waals surface area contributed by atoms with E-state index in [1.165, 1.54) is 12.0 Å². The lowest BCUT2D eigenvalue weighted by molar-refractivity contribution is 0.306. The molecule has 1 saturated carbocycles. The molecule has 1 aliphatic rings. The van der Waals surface area contributed by atoms with E-state index in [-0.39, 0.29) is 6.04 Å². The van der Waals surface area contributed by atoms with E-state index in [9.17, 15) is 8.42 Å². The zero-order valence-electron chi connectivity index (χ0n) is 14.0. The normalized spacial score (nSPS) is 22.9. The maximum atomic E-state index is 12.5. The molecule has 0 unspecified atom stereocenters. The predicted molar refractivity (Wildman–Crippen MR) is 91.3 cm³/mol. The molecule has 124 valence electrons. The lowest BCUT2D eigenvalue weighted by atomic mass is 9.85. The molecule has 1 N–H and O–H groups in total. The van der Waals surface area contributed by atoms with E-state index in [4.69, 9.17) is 0 Å². The molecule has 0 aliphatic heterocycles. The monoisotopic (exact) mass is 323 g/mol. The summed E-state index contributed by atoms with van der Waals surface area (Å²) >= 11 is 0. The Kier molecular flexibility index (Phi) is 6.04. The fraction of sp³-hybridized carbons (Fsp3) is 0.667. The van der Waals surface area contributed by atoms with Gasteiger partial charge >= 0.3 is 0 Å². The Morgan fingerprint density at radius 2 is 1.68 bits per heavy atom.